The number of amides is 7. The largest absolute Gasteiger partial charge is 0.490 e. The van der Waals surface area contributed by atoms with Crippen LogP contribution >= 0.6 is 0 Å². The van der Waals surface area contributed by atoms with Gasteiger partial charge >= 0.3 is 0 Å². The molecule has 0 bridgehead atoms. The van der Waals surface area contributed by atoms with Crippen LogP contribution in [0.3, 0.4) is 0 Å². The maximum Gasteiger partial charge on any atom is 0.254 e. The minimum absolute atomic E-state index is 0.0279. The number of nitrogens with two attached hydrogens (primary N) is 2. The third kappa shape index (κ3) is 47.1. The summed E-state index contributed by atoms with van der Waals surface area (Å²) < 4.78 is 111. The lowest BCUT2D eigenvalue weighted by Crippen LogP contribution is -2.38. The molecule has 20 nitrogen and oxygen atoms in total. The number of halogens is 8. The zero-order valence-electron chi connectivity index (χ0n) is 80.7. The second kappa shape index (κ2) is 62.1. The van der Waals surface area contributed by atoms with Gasteiger partial charge in [-0.05, 0) is 340 Å². The van der Waals surface area contributed by atoms with Gasteiger partial charge in [-0.15, -0.1) is 6.58 Å². The van der Waals surface area contributed by atoms with Crippen molar-refractivity contribution in [2.24, 2.45) is 11.7 Å². The normalized spacial score (nSPS) is 11.2. The predicted molar refractivity (Wildman–Crippen MR) is 522 cm³/mol. The Morgan fingerprint density at radius 3 is 1.16 bits per heavy atom. The summed E-state index contributed by atoms with van der Waals surface area (Å²) in [5.41, 5.74) is 21.6. The number of carbonyl (C=O) groups is 9. The number of allylic oxidation sites excluding steroid dienone is 1. The number of nitrogens with zero attached hydrogens (tertiary/aromatic N) is 3. The van der Waals surface area contributed by atoms with Crippen molar-refractivity contribution >= 4 is 64.3 Å². The van der Waals surface area contributed by atoms with Crippen LogP contribution in [0.1, 0.15) is 206 Å². The molecule has 135 heavy (non-hydrogen) atoms. The van der Waals surface area contributed by atoms with E-state index in [1.165, 1.54) is 123 Å². The predicted octanol–water partition coefficient (Wildman–Crippen LogP) is 20.7. The summed E-state index contributed by atoms with van der Waals surface area (Å²) in [6, 6.07) is 52.4. The van der Waals surface area contributed by atoms with Crippen LogP contribution in [0.2, 0.25) is 0 Å². The Morgan fingerprint density at radius 2 is 0.800 bits per heavy atom. The number of carbonyl (C=O) groups excluding carboxylic acids is 9. The van der Waals surface area contributed by atoms with Gasteiger partial charge in [-0.1, -0.05) is 84.4 Å². The molecule has 10 aromatic rings. The Labute approximate surface area is 790 Å². The van der Waals surface area contributed by atoms with Crippen molar-refractivity contribution in [1.29, 1.82) is 0 Å². The Hall–Kier alpha value is -13.5. The summed E-state index contributed by atoms with van der Waals surface area (Å²) >= 11 is 0. The molecule has 0 spiro atoms. The molecule has 2 fully saturated rings. The molecule has 0 unspecified atom stereocenters. The number of anilines is 2. The standard InChI is InChI=1S/C14H17FN2O2.C14H20FNO.C12H14FNO.C12H18FNO.C12H13FO.C10H12FNO.C9H10FNO.C9H11NO.C8H8FNO.C7H9N/c1-10-4-5-11(12(15)8-10)14(19)16-9-13(18)17-6-2-3-7-17;1-11-7-8-12(13(15)10-11)14(17)6-4-5-9-16(2)3;1-8-2-5-10(11(13)6-8)12(15)14-7-9-3-4-9;1-10-5-6-12(11(13)9-10)15-8-4-7-14(2)3;1-3-4-5-12(14)10-7-6-9(2)8-11(10)13;1-3-12-10(13)8-5-4-7(2)6-9(8)11;1-6-3-4-7(8(10)5-6)9(12)11-2;1-7-3-5-9(6-4-7)10-8(2)11;1-5-2-3-6(8(10)11)7(9)4-5;1-6-3-2-4-7(8)5-6/h4-5,8H,2-3,6-7,9H2,1H3,(H,16,19);7-8,10H,4-6,9H2,1-3H3;2,5-6,9H,3-4,7H2,1H3,(H,14,15);5-6,9H,4,7-8H2,1-3H3;3,6-8H,1,4-5H2,2H3;4-6H,3H2,1-2H3,(H,12,13);3-5H,1-2H3,(H,11,12);3-6H,1-2H3,(H,10,11);2-4H,1H3,(H2,10,11);2-5H,8H2,1H3. The summed E-state index contributed by atoms with van der Waals surface area (Å²) in [7, 11) is 9.49. The Kier molecular flexibility index (Phi) is 53.2. The fraction of sp³-hybridized carbons (Fsp3) is 0.336. The first kappa shape index (κ1) is 116. The zero-order chi connectivity index (χ0) is 101. The Morgan fingerprint density at radius 1 is 0.437 bits per heavy atom. The van der Waals surface area contributed by atoms with E-state index in [9.17, 15) is 78.3 Å². The van der Waals surface area contributed by atoms with Crippen LogP contribution in [-0.4, -0.2) is 155 Å². The van der Waals surface area contributed by atoms with Crippen molar-refractivity contribution in [3.8, 4) is 5.75 Å². The molecular formula is C107H132F8N10O10. The summed E-state index contributed by atoms with van der Waals surface area (Å²) in [5, 5.41) is 12.8. The van der Waals surface area contributed by atoms with Crippen LogP contribution < -0.4 is 42.8 Å². The Balaban J connectivity index is 0.000000389. The molecular weight excluding hydrogens is 1740 g/mol. The highest BCUT2D eigenvalue weighted by Gasteiger charge is 2.24. The molecule has 12 rings (SSSR count). The number of benzene rings is 10. The van der Waals surface area contributed by atoms with Gasteiger partial charge in [-0.25, -0.2) is 35.1 Å². The average Bonchev–Trinajstić information content (AvgIpc) is 1.86. The highest BCUT2D eigenvalue weighted by Crippen LogP contribution is 2.28. The number of hydrogen-bond donors (Lipinski definition) is 7. The van der Waals surface area contributed by atoms with E-state index < -0.39 is 58.4 Å². The molecule has 9 N–H and O–H groups in total. The number of nitrogens with one attached hydrogen (secondary N) is 5. The lowest BCUT2D eigenvalue weighted by molar-refractivity contribution is -0.129. The number of Topliss-reactive ketones (excluding diaryl/α,β-unsaturated/α-hetero) is 2. The number of nitrogen functional groups attached to an aromatic ring is 1. The van der Waals surface area contributed by atoms with Crippen molar-refractivity contribution in [3.63, 3.8) is 0 Å². The first-order chi connectivity index (χ1) is 63.9. The quantitative estimate of drug-likeness (QED) is 0.00874. The van der Waals surface area contributed by atoms with Gasteiger partial charge in [-0.3, -0.25) is 43.2 Å². The van der Waals surface area contributed by atoms with Gasteiger partial charge in [0, 0.05) is 70.9 Å². The molecule has 0 aromatic heterocycles. The highest BCUT2D eigenvalue weighted by molar-refractivity contribution is 5.99. The first-order valence-electron chi connectivity index (χ1n) is 44.4. The smallest absolute Gasteiger partial charge is 0.254 e. The third-order valence-electron chi connectivity index (χ3n) is 19.7. The van der Waals surface area contributed by atoms with E-state index in [0.717, 1.165) is 114 Å². The molecule has 7 amide bonds. The van der Waals surface area contributed by atoms with Crippen molar-refractivity contribution in [1.82, 2.24) is 36.0 Å². The van der Waals surface area contributed by atoms with Gasteiger partial charge in [0.25, 0.3) is 29.5 Å². The van der Waals surface area contributed by atoms with E-state index in [1.54, 1.807) is 114 Å². The molecule has 1 aliphatic heterocycles. The lowest BCUT2D eigenvalue weighted by atomic mass is 10.0. The molecule has 28 heteroatoms. The van der Waals surface area contributed by atoms with Crippen LogP contribution in [0.25, 0.3) is 0 Å². The van der Waals surface area contributed by atoms with Gasteiger partial charge in [0.15, 0.2) is 23.1 Å². The van der Waals surface area contributed by atoms with E-state index in [-0.39, 0.29) is 86.5 Å². The fourth-order valence-corrected chi connectivity index (χ4v) is 12.1. The topological polar surface area (TPSA) is 285 Å². The zero-order valence-corrected chi connectivity index (χ0v) is 80.7. The van der Waals surface area contributed by atoms with Crippen molar-refractivity contribution in [2.75, 3.05) is 98.7 Å². The molecule has 726 valence electrons. The van der Waals surface area contributed by atoms with E-state index in [4.69, 9.17) is 16.2 Å². The van der Waals surface area contributed by atoms with E-state index >= 15 is 0 Å². The van der Waals surface area contributed by atoms with Crippen molar-refractivity contribution < 1.29 is 83.0 Å². The molecule has 1 aliphatic carbocycles. The van der Waals surface area contributed by atoms with Crippen molar-refractivity contribution in [3.05, 3.63) is 348 Å². The van der Waals surface area contributed by atoms with E-state index in [2.05, 4.69) is 43.0 Å². The van der Waals surface area contributed by atoms with Crippen LogP contribution in [0.4, 0.5) is 46.5 Å². The summed E-state index contributed by atoms with van der Waals surface area (Å²) in [5.74, 6) is -5.41. The fourth-order valence-electron chi connectivity index (χ4n) is 12.1. The minimum Gasteiger partial charge on any atom is -0.490 e. The van der Waals surface area contributed by atoms with E-state index in [0.29, 0.717) is 50.6 Å². The second-order valence-electron chi connectivity index (χ2n) is 32.9. The van der Waals surface area contributed by atoms with Crippen molar-refractivity contribution in [2.45, 2.75) is 147 Å². The number of hydrogen-bond acceptors (Lipinski definition) is 13. The minimum atomic E-state index is -0.734. The molecule has 1 saturated carbocycles. The van der Waals surface area contributed by atoms with E-state index in [1.807, 2.05) is 110 Å². The SMILES string of the molecule is C=CCCC(=O)c1ccc(C)cc1F.CC(=O)Nc1ccc(C)cc1.CCNC(=O)c1ccc(C)cc1F.CNC(=O)c1ccc(C)cc1F.Cc1ccc(C(=O)CCCCN(C)C)c(F)c1.Cc1ccc(C(=O)NCC(=O)N2CCCC2)c(F)c1.Cc1ccc(C(=O)NCC2CC2)c(F)c1.Cc1ccc(C(N)=O)c(F)c1.Cc1ccc(OCCCN(C)C)c(F)c1.Cc1cccc(N)c1. The number of primary amides is 1. The number of likely N-dealkylation sites (tertiary alicyclic amines) is 1. The number of rotatable bonds is 26. The van der Waals surface area contributed by atoms with Gasteiger partial charge in [0.2, 0.25) is 11.8 Å². The number of aryl methyl sites for hydroxylation is 10. The van der Waals surface area contributed by atoms with Crippen LogP contribution in [0.5, 0.6) is 5.75 Å². The van der Waals surface area contributed by atoms with Crippen LogP contribution in [0, 0.1) is 122 Å². The number of unbranched alkanes of at least 4 members (excludes halogenated alkanes) is 1. The summed E-state index contributed by atoms with van der Waals surface area (Å²) in [6.45, 7) is 30.2. The first-order valence-corrected chi connectivity index (χ1v) is 44.4. The molecule has 0 radical (unpaired) electrons. The Bertz CT molecular complexity index is 5490. The lowest BCUT2D eigenvalue weighted by Gasteiger charge is -2.15. The van der Waals surface area contributed by atoms with Crippen LogP contribution in [-0.2, 0) is 9.59 Å². The monoisotopic (exact) mass is 1870 g/mol. The van der Waals surface area contributed by atoms with Gasteiger partial charge < -0.3 is 57.5 Å². The van der Waals surface area contributed by atoms with Crippen LogP contribution in [0.15, 0.2) is 207 Å². The second-order valence-corrected chi connectivity index (χ2v) is 32.9. The van der Waals surface area contributed by atoms with Gasteiger partial charge in [0.1, 0.15) is 40.7 Å². The molecule has 2 aliphatic rings. The molecule has 10 aromatic carbocycles. The molecule has 1 saturated heterocycles. The highest BCUT2D eigenvalue weighted by atomic mass is 19.2. The number of ether oxygens (including phenoxy) is 1. The van der Waals surface area contributed by atoms with Gasteiger partial charge in [0.05, 0.1) is 52.1 Å². The molecule has 1 heterocycles. The third-order valence-corrected chi connectivity index (χ3v) is 19.7. The average molecular weight is 1870 g/mol. The summed E-state index contributed by atoms with van der Waals surface area (Å²) in [4.78, 5) is 107. The maximum atomic E-state index is 13.6. The number of ketones is 2. The maximum absolute atomic E-state index is 13.6. The molecule has 0 atom stereocenters. The van der Waals surface area contributed by atoms with Gasteiger partial charge in [-0.2, -0.15) is 0 Å². The summed E-state index contributed by atoms with van der Waals surface area (Å²) in [6.07, 6.45) is 10.0.